The quantitative estimate of drug-likeness (QED) is 0.939. The number of likely N-dealkylation sites (tertiary alicyclic amines) is 1. The molecule has 0 saturated carbocycles. The van der Waals surface area contributed by atoms with Gasteiger partial charge in [0, 0.05) is 18.0 Å². The van der Waals surface area contributed by atoms with Crippen molar-refractivity contribution >= 4 is 5.97 Å². The topological polar surface area (TPSA) is 66.3 Å². The Kier molecular flexibility index (Phi) is 4.98. The number of carboxylic acid groups (broad SMARTS) is 1. The molecule has 0 aliphatic carbocycles. The monoisotopic (exact) mass is 311 g/mol. The zero-order valence-corrected chi connectivity index (χ0v) is 13.1. The smallest absolute Gasteiger partial charge is 0.336 e. The van der Waals surface area contributed by atoms with E-state index >= 15 is 0 Å². The van der Waals surface area contributed by atoms with Gasteiger partial charge in [0.25, 0.3) is 0 Å². The van der Waals surface area contributed by atoms with E-state index in [1.807, 2.05) is 6.07 Å². The van der Waals surface area contributed by atoms with Crippen LogP contribution in [0, 0.1) is 0 Å². The summed E-state index contributed by atoms with van der Waals surface area (Å²) in [6.45, 7) is 2.97. The van der Waals surface area contributed by atoms with Crippen LogP contribution < -0.4 is 0 Å². The predicted octanol–water partition coefficient (Wildman–Crippen LogP) is 3.22. The van der Waals surface area contributed by atoms with Crippen molar-refractivity contribution in [2.45, 2.75) is 32.2 Å². The van der Waals surface area contributed by atoms with Crippen molar-refractivity contribution < 1.29 is 9.90 Å². The minimum absolute atomic E-state index is 0.274. The molecule has 0 bridgehead atoms. The molecule has 5 heteroatoms. The molecule has 0 spiro atoms. The van der Waals surface area contributed by atoms with Crippen molar-refractivity contribution in [1.29, 1.82) is 0 Å². The van der Waals surface area contributed by atoms with Crippen LogP contribution in [0.25, 0.3) is 11.1 Å². The van der Waals surface area contributed by atoms with Crippen LogP contribution in [0.1, 0.15) is 41.9 Å². The van der Waals surface area contributed by atoms with Gasteiger partial charge in [0.15, 0.2) is 0 Å². The van der Waals surface area contributed by atoms with Crippen LogP contribution in [0.3, 0.4) is 0 Å². The van der Waals surface area contributed by atoms with E-state index in [0.29, 0.717) is 5.56 Å². The Morgan fingerprint density at radius 2 is 1.70 bits per heavy atom. The molecule has 2 heterocycles. The van der Waals surface area contributed by atoms with Crippen LogP contribution in [0.4, 0.5) is 0 Å². The van der Waals surface area contributed by atoms with Gasteiger partial charge < -0.3 is 5.11 Å². The van der Waals surface area contributed by atoms with Gasteiger partial charge in [-0.2, -0.15) is 0 Å². The maximum Gasteiger partial charge on any atom is 0.336 e. The molecule has 0 unspecified atom stereocenters. The lowest BCUT2D eigenvalue weighted by Gasteiger charge is -2.18. The zero-order valence-electron chi connectivity index (χ0n) is 13.1. The molecule has 1 fully saturated rings. The first-order valence-electron chi connectivity index (χ1n) is 8.10. The number of aromatic carboxylic acids is 1. The van der Waals surface area contributed by atoms with Gasteiger partial charge in [0.1, 0.15) is 5.82 Å². The first-order valence-corrected chi connectivity index (χ1v) is 8.10. The molecule has 1 aliphatic rings. The third kappa shape index (κ3) is 3.93. The van der Waals surface area contributed by atoms with Crippen LogP contribution >= 0.6 is 0 Å². The minimum atomic E-state index is -0.936. The number of aromatic nitrogens is 2. The first-order chi connectivity index (χ1) is 11.2. The SMILES string of the molecule is O=C(O)c1ccccc1-c1cnc(CN2CCCCCC2)nc1. The van der Waals surface area contributed by atoms with E-state index in [1.165, 1.54) is 25.7 Å². The molecule has 120 valence electrons. The lowest BCUT2D eigenvalue weighted by atomic mass is 10.0. The summed E-state index contributed by atoms with van der Waals surface area (Å²) in [6.07, 6.45) is 8.54. The maximum atomic E-state index is 11.3. The van der Waals surface area contributed by atoms with Gasteiger partial charge >= 0.3 is 5.97 Å². The second kappa shape index (κ2) is 7.33. The van der Waals surface area contributed by atoms with Gasteiger partial charge in [0.05, 0.1) is 12.1 Å². The maximum absolute atomic E-state index is 11.3. The fraction of sp³-hybridized carbons (Fsp3) is 0.389. The first kappa shape index (κ1) is 15.6. The van der Waals surface area contributed by atoms with Crippen molar-refractivity contribution in [2.24, 2.45) is 0 Å². The van der Waals surface area contributed by atoms with Crippen LogP contribution in [-0.2, 0) is 6.54 Å². The van der Waals surface area contributed by atoms with E-state index < -0.39 is 5.97 Å². The number of nitrogens with zero attached hydrogens (tertiary/aromatic N) is 3. The van der Waals surface area contributed by atoms with Crippen molar-refractivity contribution in [2.75, 3.05) is 13.1 Å². The third-order valence-electron chi connectivity index (χ3n) is 4.24. The van der Waals surface area contributed by atoms with Gasteiger partial charge in [-0.1, -0.05) is 31.0 Å². The second-order valence-corrected chi connectivity index (χ2v) is 5.93. The van der Waals surface area contributed by atoms with E-state index in [9.17, 15) is 9.90 Å². The number of hydrogen-bond acceptors (Lipinski definition) is 4. The van der Waals surface area contributed by atoms with Crippen molar-refractivity contribution in [3.63, 3.8) is 0 Å². The molecule has 0 radical (unpaired) electrons. The standard InChI is InChI=1S/C18H21N3O2/c22-18(23)16-8-4-3-7-15(16)14-11-19-17(20-12-14)13-21-9-5-1-2-6-10-21/h3-4,7-8,11-12H,1-2,5-6,9-10,13H2,(H,22,23). The highest BCUT2D eigenvalue weighted by Crippen LogP contribution is 2.22. The average molecular weight is 311 g/mol. The van der Waals surface area contributed by atoms with Gasteiger partial charge in [-0.3, -0.25) is 4.90 Å². The second-order valence-electron chi connectivity index (χ2n) is 5.93. The summed E-state index contributed by atoms with van der Waals surface area (Å²) in [4.78, 5) is 22.6. The Labute approximate surface area is 136 Å². The van der Waals surface area contributed by atoms with Gasteiger partial charge in [0.2, 0.25) is 0 Å². The highest BCUT2D eigenvalue weighted by atomic mass is 16.4. The Bertz CT molecular complexity index is 662. The highest BCUT2D eigenvalue weighted by molar-refractivity contribution is 5.95. The number of hydrogen-bond donors (Lipinski definition) is 1. The Balaban J connectivity index is 1.76. The molecular formula is C18H21N3O2. The Hall–Kier alpha value is -2.27. The fourth-order valence-electron chi connectivity index (χ4n) is 2.99. The largest absolute Gasteiger partial charge is 0.478 e. The van der Waals surface area contributed by atoms with Crippen molar-refractivity contribution in [3.05, 3.63) is 48.0 Å². The summed E-state index contributed by atoms with van der Waals surface area (Å²) in [5, 5.41) is 9.28. The predicted molar refractivity (Wildman–Crippen MR) is 88.2 cm³/mol. The third-order valence-corrected chi connectivity index (χ3v) is 4.24. The van der Waals surface area contributed by atoms with Gasteiger partial charge in [-0.05, 0) is 37.6 Å². The van der Waals surface area contributed by atoms with Crippen LogP contribution in [0.15, 0.2) is 36.7 Å². The summed E-state index contributed by atoms with van der Waals surface area (Å²) in [7, 11) is 0. The lowest BCUT2D eigenvalue weighted by molar-refractivity contribution is 0.0697. The number of benzene rings is 1. The normalized spacial score (nSPS) is 16.0. The van der Waals surface area contributed by atoms with Crippen molar-refractivity contribution in [3.8, 4) is 11.1 Å². The van der Waals surface area contributed by atoms with Gasteiger partial charge in [-0.25, -0.2) is 14.8 Å². The Morgan fingerprint density at radius 1 is 1.04 bits per heavy atom. The van der Waals surface area contributed by atoms with E-state index in [-0.39, 0.29) is 5.56 Å². The van der Waals surface area contributed by atoms with Crippen LogP contribution in [-0.4, -0.2) is 39.0 Å². The molecule has 1 aromatic heterocycles. The Morgan fingerprint density at radius 3 is 2.35 bits per heavy atom. The zero-order chi connectivity index (χ0) is 16.1. The molecular weight excluding hydrogens is 290 g/mol. The molecule has 5 nitrogen and oxygen atoms in total. The lowest BCUT2D eigenvalue weighted by Crippen LogP contribution is -2.25. The molecule has 3 rings (SSSR count). The molecule has 2 aromatic rings. The van der Waals surface area contributed by atoms with Crippen molar-refractivity contribution in [1.82, 2.24) is 14.9 Å². The summed E-state index contributed by atoms with van der Waals surface area (Å²) in [6, 6.07) is 6.94. The molecule has 1 aromatic carbocycles. The fourth-order valence-corrected chi connectivity index (χ4v) is 2.99. The number of carboxylic acids is 1. The summed E-state index contributed by atoms with van der Waals surface area (Å²) >= 11 is 0. The van der Waals surface area contributed by atoms with E-state index in [1.54, 1.807) is 30.6 Å². The van der Waals surface area contributed by atoms with Crippen LogP contribution in [0.2, 0.25) is 0 Å². The summed E-state index contributed by atoms with van der Waals surface area (Å²) in [5.41, 5.74) is 1.67. The van der Waals surface area contributed by atoms with E-state index in [2.05, 4.69) is 14.9 Å². The minimum Gasteiger partial charge on any atom is -0.478 e. The van der Waals surface area contributed by atoms with Crippen LogP contribution in [0.5, 0.6) is 0 Å². The molecule has 1 N–H and O–H groups in total. The number of carbonyl (C=O) groups is 1. The summed E-state index contributed by atoms with van der Waals surface area (Å²) < 4.78 is 0. The number of rotatable bonds is 4. The molecule has 1 saturated heterocycles. The highest BCUT2D eigenvalue weighted by Gasteiger charge is 2.13. The van der Waals surface area contributed by atoms with Gasteiger partial charge in [-0.15, -0.1) is 0 Å². The molecule has 0 amide bonds. The molecule has 1 aliphatic heterocycles. The molecule has 23 heavy (non-hydrogen) atoms. The van der Waals surface area contributed by atoms with E-state index in [0.717, 1.165) is 31.0 Å². The van der Waals surface area contributed by atoms with E-state index in [4.69, 9.17) is 0 Å². The molecule has 0 atom stereocenters. The summed E-state index contributed by atoms with van der Waals surface area (Å²) in [5.74, 6) is -0.141. The average Bonchev–Trinajstić information content (AvgIpc) is 2.84.